The Morgan fingerprint density at radius 3 is 2.77 bits per heavy atom. The Hall–Kier alpha value is -2.57. The monoisotopic (exact) mass is 385 g/mol. The molecule has 132 valence electrons. The van der Waals surface area contributed by atoms with Gasteiger partial charge in [0.1, 0.15) is 5.75 Å². The largest absolute Gasteiger partial charge is 0.436 e. The molecule has 1 heterocycles. The van der Waals surface area contributed by atoms with Crippen LogP contribution < -0.4 is 10.1 Å². The van der Waals surface area contributed by atoms with Gasteiger partial charge in [0.05, 0.1) is 5.75 Å². The van der Waals surface area contributed by atoms with E-state index in [2.05, 4.69) is 15.3 Å². The summed E-state index contributed by atoms with van der Waals surface area (Å²) in [6.07, 6.45) is 3.13. The lowest BCUT2D eigenvalue weighted by Crippen LogP contribution is -2.14. The van der Waals surface area contributed by atoms with Gasteiger partial charge in [-0.05, 0) is 36.8 Å². The van der Waals surface area contributed by atoms with Crippen LogP contribution in [-0.4, -0.2) is 21.6 Å². The first-order valence-corrected chi connectivity index (χ1v) is 9.21. The SMILES string of the molecule is Cc1ccccc1Oc1nccnc1SCC(=O)Nc1cccc(Cl)c1. The zero-order valence-corrected chi connectivity index (χ0v) is 15.6. The van der Waals surface area contributed by atoms with E-state index in [1.807, 2.05) is 31.2 Å². The molecule has 3 rings (SSSR count). The van der Waals surface area contributed by atoms with Crippen molar-refractivity contribution >= 4 is 35.0 Å². The number of aromatic nitrogens is 2. The first-order valence-electron chi connectivity index (χ1n) is 7.84. The lowest BCUT2D eigenvalue weighted by atomic mass is 10.2. The highest BCUT2D eigenvalue weighted by Crippen LogP contribution is 2.30. The number of nitrogens with one attached hydrogen (secondary N) is 1. The highest BCUT2D eigenvalue weighted by molar-refractivity contribution is 8.00. The molecule has 1 N–H and O–H groups in total. The Kier molecular flexibility index (Phi) is 6.09. The molecule has 0 aliphatic carbocycles. The summed E-state index contributed by atoms with van der Waals surface area (Å²) in [6.45, 7) is 1.96. The van der Waals surface area contributed by atoms with Crippen LogP contribution in [0.5, 0.6) is 11.6 Å². The first-order chi connectivity index (χ1) is 12.6. The molecule has 0 aliphatic rings. The number of carbonyl (C=O) groups excluding carboxylic acids is 1. The van der Waals surface area contributed by atoms with Gasteiger partial charge >= 0.3 is 0 Å². The molecule has 3 aromatic rings. The third-order valence-corrected chi connectivity index (χ3v) is 4.58. The van der Waals surface area contributed by atoms with Crippen LogP contribution in [-0.2, 0) is 4.79 Å². The maximum atomic E-state index is 12.2. The number of nitrogens with zero attached hydrogens (tertiary/aromatic N) is 2. The average molecular weight is 386 g/mol. The standard InChI is InChI=1S/C19H16ClN3O2S/c1-13-5-2-3-8-16(13)25-18-19(22-10-9-21-18)26-12-17(24)23-15-7-4-6-14(20)11-15/h2-11H,12H2,1H3,(H,23,24). The first kappa shape index (κ1) is 18.2. The number of ether oxygens (including phenoxy) is 1. The van der Waals surface area contributed by atoms with Crippen LogP contribution in [0.1, 0.15) is 5.56 Å². The van der Waals surface area contributed by atoms with Gasteiger partial charge in [-0.25, -0.2) is 9.97 Å². The highest BCUT2D eigenvalue weighted by atomic mass is 35.5. The highest BCUT2D eigenvalue weighted by Gasteiger charge is 2.12. The molecule has 0 aliphatic heterocycles. The van der Waals surface area contributed by atoms with Crippen molar-refractivity contribution in [1.82, 2.24) is 9.97 Å². The van der Waals surface area contributed by atoms with Gasteiger partial charge in [-0.1, -0.05) is 47.6 Å². The molecular weight excluding hydrogens is 370 g/mol. The summed E-state index contributed by atoms with van der Waals surface area (Å²) < 4.78 is 5.86. The molecule has 0 saturated carbocycles. The quantitative estimate of drug-likeness (QED) is 0.607. The number of rotatable bonds is 6. The summed E-state index contributed by atoms with van der Waals surface area (Å²) >= 11 is 7.18. The Bertz CT molecular complexity index is 921. The van der Waals surface area contributed by atoms with E-state index in [0.29, 0.717) is 27.4 Å². The molecule has 5 nitrogen and oxygen atoms in total. The van der Waals surface area contributed by atoms with E-state index < -0.39 is 0 Å². The number of thioether (sulfide) groups is 1. The van der Waals surface area contributed by atoms with E-state index in [1.54, 1.807) is 36.7 Å². The van der Waals surface area contributed by atoms with E-state index >= 15 is 0 Å². The molecule has 1 aromatic heterocycles. The van der Waals surface area contributed by atoms with Gasteiger partial charge in [-0.3, -0.25) is 4.79 Å². The summed E-state index contributed by atoms with van der Waals surface area (Å²) in [4.78, 5) is 20.7. The predicted octanol–water partition coefficient (Wildman–Crippen LogP) is 4.96. The van der Waals surface area contributed by atoms with Crippen LogP contribution in [0.4, 0.5) is 5.69 Å². The number of para-hydroxylation sites is 1. The third-order valence-electron chi connectivity index (χ3n) is 3.38. The third kappa shape index (κ3) is 4.97. The summed E-state index contributed by atoms with van der Waals surface area (Å²) in [7, 11) is 0. The van der Waals surface area contributed by atoms with Crippen molar-refractivity contribution in [1.29, 1.82) is 0 Å². The van der Waals surface area contributed by atoms with Crippen LogP contribution >= 0.6 is 23.4 Å². The maximum Gasteiger partial charge on any atom is 0.252 e. The van der Waals surface area contributed by atoms with Crippen molar-refractivity contribution in [3.8, 4) is 11.6 Å². The van der Waals surface area contributed by atoms with Crippen LogP contribution in [0.15, 0.2) is 66.0 Å². The number of hydrogen-bond acceptors (Lipinski definition) is 5. The zero-order chi connectivity index (χ0) is 18.4. The van der Waals surface area contributed by atoms with Gasteiger partial charge in [0.25, 0.3) is 5.88 Å². The second kappa shape index (κ2) is 8.69. The second-order valence-electron chi connectivity index (χ2n) is 5.38. The van der Waals surface area contributed by atoms with Crippen LogP contribution in [0.25, 0.3) is 0 Å². The summed E-state index contributed by atoms with van der Waals surface area (Å²) in [5.41, 5.74) is 1.64. The fourth-order valence-electron chi connectivity index (χ4n) is 2.15. The molecule has 26 heavy (non-hydrogen) atoms. The Morgan fingerprint density at radius 2 is 1.96 bits per heavy atom. The van der Waals surface area contributed by atoms with Gasteiger partial charge in [-0.2, -0.15) is 0 Å². The lowest BCUT2D eigenvalue weighted by Gasteiger charge is -2.10. The second-order valence-corrected chi connectivity index (χ2v) is 6.78. The van der Waals surface area contributed by atoms with Crippen molar-refractivity contribution in [2.75, 3.05) is 11.1 Å². The summed E-state index contributed by atoms with van der Waals surface area (Å²) in [5.74, 6) is 1.10. The van der Waals surface area contributed by atoms with Crippen LogP contribution in [0.2, 0.25) is 5.02 Å². The number of aryl methyl sites for hydroxylation is 1. The molecular formula is C19H16ClN3O2S. The molecule has 0 bridgehead atoms. The number of amides is 1. The van der Waals surface area contributed by atoms with E-state index in [-0.39, 0.29) is 11.7 Å². The van der Waals surface area contributed by atoms with Gasteiger partial charge in [0.2, 0.25) is 5.91 Å². The Labute approximate surface area is 160 Å². The summed E-state index contributed by atoms with van der Waals surface area (Å²) in [5, 5.41) is 3.92. The van der Waals surface area contributed by atoms with Gasteiger partial charge in [0, 0.05) is 23.1 Å². The number of hydrogen-bond donors (Lipinski definition) is 1. The molecule has 7 heteroatoms. The van der Waals surface area contributed by atoms with Crippen LogP contribution in [0.3, 0.4) is 0 Å². The van der Waals surface area contributed by atoms with Crippen molar-refractivity contribution < 1.29 is 9.53 Å². The van der Waals surface area contributed by atoms with Gasteiger partial charge < -0.3 is 10.1 Å². The van der Waals surface area contributed by atoms with Crippen molar-refractivity contribution in [2.24, 2.45) is 0 Å². The zero-order valence-electron chi connectivity index (χ0n) is 14.0. The van der Waals surface area contributed by atoms with Gasteiger partial charge in [0.15, 0.2) is 5.03 Å². The number of benzene rings is 2. The maximum absolute atomic E-state index is 12.2. The normalized spacial score (nSPS) is 10.4. The van der Waals surface area contributed by atoms with Gasteiger partial charge in [-0.15, -0.1) is 0 Å². The topological polar surface area (TPSA) is 64.1 Å². The molecule has 0 saturated heterocycles. The minimum absolute atomic E-state index is 0.162. The van der Waals surface area contributed by atoms with Crippen LogP contribution in [0, 0.1) is 6.92 Å². The number of halogens is 1. The predicted molar refractivity (Wildman–Crippen MR) is 104 cm³/mol. The lowest BCUT2D eigenvalue weighted by molar-refractivity contribution is -0.113. The van der Waals surface area contributed by atoms with E-state index in [1.165, 1.54) is 11.8 Å². The van der Waals surface area contributed by atoms with Crippen molar-refractivity contribution in [3.63, 3.8) is 0 Å². The fraction of sp³-hybridized carbons (Fsp3) is 0.105. The fourth-order valence-corrected chi connectivity index (χ4v) is 3.04. The molecule has 0 fully saturated rings. The van der Waals surface area contributed by atoms with Crippen molar-refractivity contribution in [3.05, 3.63) is 71.5 Å². The molecule has 2 aromatic carbocycles. The molecule has 1 amide bonds. The smallest absolute Gasteiger partial charge is 0.252 e. The minimum atomic E-state index is -0.162. The molecule has 0 unspecified atom stereocenters. The molecule has 0 atom stereocenters. The van der Waals surface area contributed by atoms with E-state index in [0.717, 1.165) is 5.56 Å². The Balaban J connectivity index is 1.65. The minimum Gasteiger partial charge on any atom is -0.436 e. The van der Waals surface area contributed by atoms with E-state index in [9.17, 15) is 4.79 Å². The Morgan fingerprint density at radius 1 is 1.15 bits per heavy atom. The summed E-state index contributed by atoms with van der Waals surface area (Å²) in [6, 6.07) is 14.7. The van der Waals surface area contributed by atoms with Crippen molar-refractivity contribution in [2.45, 2.75) is 11.9 Å². The molecule has 0 spiro atoms. The number of anilines is 1. The average Bonchev–Trinajstić information content (AvgIpc) is 2.63. The molecule has 0 radical (unpaired) electrons. The number of carbonyl (C=O) groups is 1. The van der Waals surface area contributed by atoms with E-state index in [4.69, 9.17) is 16.3 Å².